The van der Waals surface area contributed by atoms with Gasteiger partial charge in [-0.15, -0.1) is 29.7 Å². The molecule has 0 bridgehead atoms. The number of fused-ring (bicyclic) bond motifs is 14. The zero-order chi connectivity index (χ0) is 81.3. The van der Waals surface area contributed by atoms with Crippen molar-refractivity contribution >= 4 is 54.6 Å². The summed E-state index contributed by atoms with van der Waals surface area (Å²) in [5.74, 6) is 1.03. The number of nitrogens with zero attached hydrogens (tertiary/aromatic N) is 5. The van der Waals surface area contributed by atoms with Gasteiger partial charge >= 0.3 is 0 Å². The fourth-order valence-corrected chi connectivity index (χ4v) is 13.2. The number of imidazole rings is 1. The number of pyridine rings is 1. The molecule has 0 N–H and O–H groups in total. The molecule has 0 amide bonds. The summed E-state index contributed by atoms with van der Waals surface area (Å²) in [6.07, 6.45) is -3.76. The van der Waals surface area contributed by atoms with Gasteiger partial charge in [0, 0.05) is 77.0 Å². The topological polar surface area (TPSA) is 40.8 Å². The van der Waals surface area contributed by atoms with Crippen LogP contribution in [-0.2, 0) is 37.3 Å². The SMILES string of the molecule is [2H]c1c([2H])c([2H])c(-c2cccc3c2-c2ccccc2-c2cc(-c4c([2H])c([2H])c5c(c4[2H])C(C([2H])([2H])[2H])(C([2H])([2H])[2H])C([2H])([2H])C([2H])([2H])C5(C([2H])([2H])[2H])C([2H])([2H])[2H])cc4c2[n+]([c-]n4-c2[c-]c(Oc4[c-]c5c(cc4)c4ccccc4n5-c4cc(C(C)(C)C)ccn4)ccc2)-c2c-3cccc2-n2c3ccccc3c3ccccc32)c([2H])c1[2H].[Pt]. The summed E-state index contributed by atoms with van der Waals surface area (Å²) in [7, 11) is 0. The van der Waals surface area contributed by atoms with Crippen LogP contribution in [-0.4, -0.2) is 18.7 Å². The summed E-state index contributed by atoms with van der Waals surface area (Å²) >= 11 is 0. The van der Waals surface area contributed by atoms with E-state index in [0.29, 0.717) is 45.0 Å². The van der Waals surface area contributed by atoms with E-state index in [2.05, 4.69) is 43.8 Å². The molecule has 4 aromatic heterocycles. The van der Waals surface area contributed by atoms with Crippen molar-refractivity contribution in [1.82, 2.24) is 18.7 Å². The van der Waals surface area contributed by atoms with E-state index >= 15 is 0 Å². The maximum Gasteiger partial charge on any atom is 0.268 e. The molecule has 15 aromatic rings. The van der Waals surface area contributed by atoms with E-state index < -0.39 is 116 Å². The predicted octanol–water partition coefficient (Wildman–Crippen LogP) is 21.0. The van der Waals surface area contributed by atoms with E-state index in [-0.39, 0.29) is 82.5 Å². The molecule has 1 aliphatic carbocycles. The minimum atomic E-state index is -4.62. The molecule has 0 unspecified atom stereocenters. The maximum absolute atomic E-state index is 10.6. The van der Waals surface area contributed by atoms with Crippen molar-refractivity contribution in [3.8, 4) is 90.0 Å². The van der Waals surface area contributed by atoms with E-state index in [4.69, 9.17) is 22.1 Å². The predicted molar refractivity (Wildman–Crippen MR) is 369 cm³/mol. The van der Waals surface area contributed by atoms with Gasteiger partial charge in [-0.05, 0) is 155 Å². The Morgan fingerprint density at radius 2 is 1.18 bits per heavy atom. The molecule has 11 aromatic carbocycles. The standard InChI is InChI=1S/C84H65N5O.Pt/c1-82(2,3)56-42-45-85-78(49-56)89-74-36-18-15-29-64(74)65-40-39-59(51-76(65)89)90-58-25-19-24-57(50-58)86-52-87-80-68(33-21-37-75(80)88-72-34-16-13-27-62(72)63-28-14-17-35-73(63)88)67-32-20-31-60(53-22-9-8-10-23-53)79(67)66-30-12-11-26-61(66)69-46-55(48-77(86)81(69)87)54-38-41-70-71(47-54)84(6,7)44-43-83(70,4)5;/h8-42,45-49H,43-44H2,1-7H3;/q-2;/i4D3,5D3,6D3,7D3,8D,9D,10D,22D,23D,38D,41D,43D2,44D2,47D;. The van der Waals surface area contributed by atoms with E-state index in [0.717, 1.165) is 43.7 Å². The van der Waals surface area contributed by atoms with Crippen molar-refractivity contribution < 1.29 is 63.3 Å². The Labute approximate surface area is 579 Å². The molecule has 7 heteroatoms. The number of hydrogen-bond donors (Lipinski definition) is 0. The molecule has 91 heavy (non-hydrogen) atoms. The van der Waals surface area contributed by atoms with Gasteiger partial charge in [0.1, 0.15) is 5.82 Å². The Hall–Kier alpha value is -9.87. The molecule has 0 radical (unpaired) electrons. The molecule has 444 valence electrons. The average molecular weight is 1380 g/mol. The molecule has 0 spiro atoms. The second kappa shape index (κ2) is 21.1. The van der Waals surface area contributed by atoms with Gasteiger partial charge in [-0.25, -0.2) is 4.98 Å². The van der Waals surface area contributed by atoms with Crippen LogP contribution in [0.3, 0.4) is 0 Å². The molecule has 1 aliphatic heterocycles. The van der Waals surface area contributed by atoms with E-state index in [1.54, 1.807) is 76.0 Å². The van der Waals surface area contributed by atoms with Crippen LogP contribution in [0.15, 0.2) is 243 Å². The Kier molecular flexibility index (Phi) is 8.38. The molecule has 0 saturated heterocycles. The molecule has 2 aliphatic rings. The second-order valence-corrected chi connectivity index (χ2v) is 23.8. The molecule has 17 rings (SSSR count). The van der Waals surface area contributed by atoms with Gasteiger partial charge in [0.15, 0.2) is 0 Å². The maximum atomic E-state index is 10.6. The summed E-state index contributed by atoms with van der Waals surface area (Å²) in [4.78, 5) is 4.86. The van der Waals surface area contributed by atoms with Crippen molar-refractivity contribution in [3.05, 3.63) is 278 Å². The third kappa shape index (κ3) is 9.00. The summed E-state index contributed by atoms with van der Waals surface area (Å²) in [5, 5.41) is 3.53. The largest absolute Gasteiger partial charge is 0.510 e. The van der Waals surface area contributed by atoms with Gasteiger partial charge in [-0.1, -0.05) is 217 Å². The van der Waals surface area contributed by atoms with Crippen LogP contribution in [0.4, 0.5) is 0 Å². The Morgan fingerprint density at radius 1 is 0.538 bits per heavy atom. The normalized spacial score (nSPS) is 19.4. The molecular formula is C84H65N5OPt-2. The number of rotatable bonds is 7. The number of ether oxygens (including phenoxy) is 1. The molecule has 0 saturated carbocycles. The summed E-state index contributed by atoms with van der Waals surface area (Å²) in [6, 6.07) is 56.7. The summed E-state index contributed by atoms with van der Waals surface area (Å²) in [6.45, 7) is -11.0. The van der Waals surface area contributed by atoms with Crippen LogP contribution in [0, 0.1) is 18.5 Å². The van der Waals surface area contributed by atoms with Crippen molar-refractivity contribution in [1.29, 1.82) is 0 Å². The first kappa shape index (κ1) is 36.1. The number of benzene rings is 11. The van der Waals surface area contributed by atoms with Gasteiger partial charge in [-0.2, -0.15) is 18.2 Å². The Balaban J connectivity index is 0.00000994. The first-order valence-electron chi connectivity index (χ1n) is 41.4. The van der Waals surface area contributed by atoms with Crippen LogP contribution < -0.4 is 9.30 Å². The first-order valence-corrected chi connectivity index (χ1v) is 29.4. The van der Waals surface area contributed by atoms with Gasteiger partial charge in [-0.3, -0.25) is 4.57 Å². The fraction of sp³-hybridized carbons (Fsp3) is 0.143. The van der Waals surface area contributed by atoms with Gasteiger partial charge in [0.05, 0.1) is 44.4 Å². The second-order valence-electron chi connectivity index (χ2n) is 23.8. The zero-order valence-corrected chi connectivity index (χ0v) is 51.2. The minimum Gasteiger partial charge on any atom is -0.510 e. The first-order chi connectivity index (χ1) is 53.6. The van der Waals surface area contributed by atoms with Crippen molar-refractivity contribution in [2.24, 2.45) is 0 Å². The summed E-state index contributed by atoms with van der Waals surface area (Å²) < 4.78 is 240. The van der Waals surface area contributed by atoms with Crippen LogP contribution >= 0.6 is 0 Å². The third-order valence-corrected chi connectivity index (χ3v) is 17.3. The van der Waals surface area contributed by atoms with Crippen molar-refractivity contribution in [2.45, 2.75) is 77.2 Å². The Bertz CT molecular complexity index is 6550. The molecule has 0 atom stereocenters. The molecule has 0 fully saturated rings. The van der Waals surface area contributed by atoms with Gasteiger partial charge in [0.25, 0.3) is 6.33 Å². The smallest absolute Gasteiger partial charge is 0.268 e. The van der Waals surface area contributed by atoms with Crippen LogP contribution in [0.25, 0.3) is 133 Å². The molecule has 6 nitrogen and oxygen atoms in total. The van der Waals surface area contributed by atoms with Crippen LogP contribution in [0.5, 0.6) is 11.5 Å². The number of hydrogen-bond acceptors (Lipinski definition) is 2. The van der Waals surface area contributed by atoms with E-state index in [1.165, 1.54) is 12.1 Å². The van der Waals surface area contributed by atoms with Gasteiger partial charge < -0.3 is 18.4 Å². The molecule has 5 heterocycles. The van der Waals surface area contributed by atoms with Gasteiger partial charge in [0.2, 0.25) is 0 Å². The Morgan fingerprint density at radius 3 is 1.92 bits per heavy atom. The third-order valence-electron chi connectivity index (χ3n) is 17.3. The van der Waals surface area contributed by atoms with E-state index in [9.17, 15) is 20.6 Å². The fourth-order valence-electron chi connectivity index (χ4n) is 13.2. The quantitative estimate of drug-likeness (QED) is 0.118. The van der Waals surface area contributed by atoms with Crippen molar-refractivity contribution in [3.63, 3.8) is 0 Å². The van der Waals surface area contributed by atoms with Crippen molar-refractivity contribution in [2.75, 3.05) is 0 Å². The van der Waals surface area contributed by atoms with Crippen LogP contribution in [0.1, 0.15) is 111 Å². The minimum absolute atomic E-state index is 0. The number of aromatic nitrogens is 5. The average Bonchev–Trinajstić information content (AvgIpc) is 1.16. The van der Waals surface area contributed by atoms with E-state index in [1.807, 2.05) is 120 Å². The number of para-hydroxylation sites is 4. The molecular weight excluding hydrogens is 1290 g/mol. The zero-order valence-electron chi connectivity index (χ0n) is 72.9. The van der Waals surface area contributed by atoms with Crippen LogP contribution in [0.2, 0.25) is 0 Å². The monoisotopic (exact) mass is 1380 g/mol. The summed E-state index contributed by atoms with van der Waals surface area (Å²) in [5.41, 5.74) is -6.02.